The highest BCUT2D eigenvalue weighted by Gasteiger charge is 2.27. The number of carbonyl (C=O) groups excluding carboxylic acids is 1. The zero-order chi connectivity index (χ0) is 16.2. The molecule has 0 radical (unpaired) electrons. The number of hydrogen-bond acceptors (Lipinski definition) is 2. The first kappa shape index (κ1) is 15.5. The molecule has 0 N–H and O–H groups in total. The van der Waals surface area contributed by atoms with Gasteiger partial charge in [-0.15, -0.1) is 0 Å². The number of hydrogen-bond donors (Lipinski definition) is 0. The minimum atomic E-state index is -0.348. The van der Waals surface area contributed by atoms with Gasteiger partial charge in [-0.05, 0) is 29.8 Å². The van der Waals surface area contributed by atoms with Crippen molar-refractivity contribution in [1.29, 1.82) is 0 Å². The summed E-state index contributed by atoms with van der Waals surface area (Å²) >= 11 is 0. The molecule has 1 aliphatic rings. The average molecular weight is 317 g/mol. The Kier molecular flexibility index (Phi) is 4.55. The van der Waals surface area contributed by atoms with E-state index in [2.05, 4.69) is 0 Å². The van der Waals surface area contributed by atoms with E-state index in [1.807, 2.05) is 0 Å². The molecular weight excluding hydrogens is 300 g/mol. The van der Waals surface area contributed by atoms with Gasteiger partial charge < -0.3 is 9.64 Å². The molecule has 2 aromatic rings. The molecule has 1 saturated heterocycles. The van der Waals surface area contributed by atoms with Gasteiger partial charge in [0, 0.05) is 19.0 Å². The van der Waals surface area contributed by atoms with E-state index < -0.39 is 0 Å². The van der Waals surface area contributed by atoms with E-state index in [9.17, 15) is 13.6 Å². The molecule has 120 valence electrons. The minimum absolute atomic E-state index is 0.0547. The zero-order valence-corrected chi connectivity index (χ0v) is 12.5. The van der Waals surface area contributed by atoms with Gasteiger partial charge in [-0.2, -0.15) is 0 Å². The van der Waals surface area contributed by atoms with Gasteiger partial charge in [-0.25, -0.2) is 8.78 Å². The Labute approximate surface area is 133 Å². The number of halogens is 2. The first-order chi connectivity index (χ1) is 11.1. The quantitative estimate of drug-likeness (QED) is 0.867. The lowest BCUT2D eigenvalue weighted by Crippen LogP contribution is -2.32. The number of benzene rings is 2. The maximum Gasteiger partial charge on any atom is 0.227 e. The fourth-order valence-electron chi connectivity index (χ4n) is 2.72. The fraction of sp³-hybridized carbons (Fsp3) is 0.278. The molecule has 5 heteroatoms. The third-order valence-corrected chi connectivity index (χ3v) is 3.84. The number of ether oxygens (including phenoxy) is 1. The highest BCUT2D eigenvalue weighted by Crippen LogP contribution is 2.20. The largest absolute Gasteiger partial charge is 0.488 e. The molecule has 23 heavy (non-hydrogen) atoms. The lowest BCUT2D eigenvalue weighted by molar-refractivity contribution is -0.129. The standard InChI is InChI=1S/C18H17F2NO2/c19-14-4-1-3-13(9-14)10-18(22)21-8-7-17(12-21)23-16-6-2-5-15(20)11-16/h1-6,9,11,17H,7-8,10,12H2. The predicted molar refractivity (Wildman–Crippen MR) is 82.1 cm³/mol. The smallest absolute Gasteiger partial charge is 0.227 e. The molecule has 1 heterocycles. The van der Waals surface area contributed by atoms with Crippen LogP contribution in [0.2, 0.25) is 0 Å². The number of rotatable bonds is 4. The van der Waals surface area contributed by atoms with Gasteiger partial charge in [0.2, 0.25) is 5.91 Å². The Morgan fingerprint density at radius 1 is 1.13 bits per heavy atom. The summed E-state index contributed by atoms with van der Waals surface area (Å²) in [7, 11) is 0. The normalized spacial score (nSPS) is 17.3. The second-order valence-electron chi connectivity index (χ2n) is 5.63. The summed E-state index contributed by atoms with van der Waals surface area (Å²) in [5, 5.41) is 0. The summed E-state index contributed by atoms with van der Waals surface area (Å²) in [5.74, 6) is -0.279. The zero-order valence-electron chi connectivity index (χ0n) is 12.5. The Bertz CT molecular complexity index is 705. The Morgan fingerprint density at radius 3 is 2.61 bits per heavy atom. The van der Waals surface area contributed by atoms with Crippen molar-refractivity contribution in [1.82, 2.24) is 4.90 Å². The van der Waals surface area contributed by atoms with Crippen LogP contribution in [0.25, 0.3) is 0 Å². The van der Waals surface area contributed by atoms with Crippen molar-refractivity contribution in [2.45, 2.75) is 18.9 Å². The van der Waals surface area contributed by atoms with Crippen molar-refractivity contribution in [2.75, 3.05) is 13.1 Å². The van der Waals surface area contributed by atoms with Crippen LogP contribution < -0.4 is 4.74 Å². The highest BCUT2D eigenvalue weighted by molar-refractivity contribution is 5.79. The second kappa shape index (κ2) is 6.77. The van der Waals surface area contributed by atoms with Crippen LogP contribution in [0.15, 0.2) is 48.5 Å². The molecule has 1 amide bonds. The third-order valence-electron chi connectivity index (χ3n) is 3.84. The van der Waals surface area contributed by atoms with Crippen LogP contribution in [0.4, 0.5) is 8.78 Å². The molecule has 0 aromatic heterocycles. The third kappa shape index (κ3) is 4.06. The van der Waals surface area contributed by atoms with E-state index >= 15 is 0 Å². The summed E-state index contributed by atoms with van der Waals surface area (Å²) < 4.78 is 32.0. The minimum Gasteiger partial charge on any atom is -0.488 e. The number of amides is 1. The Morgan fingerprint density at radius 2 is 1.87 bits per heavy atom. The molecule has 1 aliphatic heterocycles. The van der Waals surface area contributed by atoms with Crippen molar-refractivity contribution in [2.24, 2.45) is 0 Å². The van der Waals surface area contributed by atoms with Crippen molar-refractivity contribution in [3.05, 3.63) is 65.7 Å². The van der Waals surface area contributed by atoms with Crippen molar-refractivity contribution < 1.29 is 18.3 Å². The highest BCUT2D eigenvalue weighted by atomic mass is 19.1. The van der Waals surface area contributed by atoms with Crippen LogP contribution in [-0.2, 0) is 11.2 Å². The second-order valence-corrected chi connectivity index (χ2v) is 5.63. The summed E-state index contributed by atoms with van der Waals surface area (Å²) in [5.41, 5.74) is 0.657. The van der Waals surface area contributed by atoms with Crippen LogP contribution in [-0.4, -0.2) is 30.0 Å². The van der Waals surface area contributed by atoms with Gasteiger partial charge in [0.15, 0.2) is 0 Å². The topological polar surface area (TPSA) is 29.5 Å². The fourth-order valence-corrected chi connectivity index (χ4v) is 2.72. The van der Waals surface area contributed by atoms with Crippen LogP contribution in [0, 0.1) is 11.6 Å². The molecule has 2 aromatic carbocycles. The summed E-state index contributed by atoms with van der Waals surface area (Å²) in [6.45, 7) is 1.05. The molecule has 1 unspecified atom stereocenters. The number of nitrogens with zero attached hydrogens (tertiary/aromatic N) is 1. The molecule has 0 spiro atoms. The molecule has 1 fully saturated rings. The summed E-state index contributed by atoms with van der Waals surface area (Å²) in [4.78, 5) is 14.0. The molecule has 0 aliphatic carbocycles. The van der Waals surface area contributed by atoms with Gasteiger partial charge >= 0.3 is 0 Å². The molecule has 1 atom stereocenters. The predicted octanol–water partition coefficient (Wildman–Crippen LogP) is 3.19. The molecule has 0 bridgehead atoms. The van der Waals surface area contributed by atoms with E-state index in [1.165, 1.54) is 24.3 Å². The maximum absolute atomic E-state index is 13.2. The summed E-state index contributed by atoms with van der Waals surface area (Å²) in [6.07, 6.45) is 0.726. The van der Waals surface area contributed by atoms with E-state index in [4.69, 9.17) is 4.74 Å². The van der Waals surface area contributed by atoms with Crippen LogP contribution in [0.3, 0.4) is 0 Å². The van der Waals surface area contributed by atoms with Crippen molar-refractivity contribution >= 4 is 5.91 Å². The molecule has 3 rings (SSSR count). The van der Waals surface area contributed by atoms with Gasteiger partial charge in [-0.3, -0.25) is 4.79 Å². The Balaban J connectivity index is 1.55. The lowest BCUT2D eigenvalue weighted by Gasteiger charge is -2.17. The maximum atomic E-state index is 13.2. The molecule has 0 saturated carbocycles. The Hall–Kier alpha value is -2.43. The lowest BCUT2D eigenvalue weighted by atomic mass is 10.1. The van der Waals surface area contributed by atoms with Crippen LogP contribution in [0.5, 0.6) is 5.75 Å². The number of carbonyl (C=O) groups is 1. The van der Waals surface area contributed by atoms with Crippen LogP contribution in [0.1, 0.15) is 12.0 Å². The van der Waals surface area contributed by atoms with Crippen molar-refractivity contribution in [3.8, 4) is 5.75 Å². The van der Waals surface area contributed by atoms with E-state index in [0.717, 1.165) is 0 Å². The van der Waals surface area contributed by atoms with E-state index in [-0.39, 0.29) is 30.1 Å². The first-order valence-corrected chi connectivity index (χ1v) is 7.54. The molecule has 3 nitrogen and oxygen atoms in total. The van der Waals surface area contributed by atoms with Gasteiger partial charge in [0.05, 0.1) is 13.0 Å². The summed E-state index contributed by atoms with van der Waals surface area (Å²) in [6, 6.07) is 12.0. The van der Waals surface area contributed by atoms with Crippen LogP contribution >= 0.6 is 0 Å². The van der Waals surface area contributed by atoms with E-state index in [0.29, 0.717) is 30.8 Å². The van der Waals surface area contributed by atoms with Crippen molar-refractivity contribution in [3.63, 3.8) is 0 Å². The van der Waals surface area contributed by atoms with Gasteiger partial charge in [0.1, 0.15) is 23.5 Å². The number of likely N-dealkylation sites (tertiary alicyclic amines) is 1. The van der Waals surface area contributed by atoms with E-state index in [1.54, 1.807) is 29.2 Å². The monoisotopic (exact) mass is 317 g/mol. The average Bonchev–Trinajstić information content (AvgIpc) is 2.96. The van der Waals surface area contributed by atoms with Gasteiger partial charge in [0.25, 0.3) is 0 Å². The SMILES string of the molecule is O=C(Cc1cccc(F)c1)N1CCC(Oc2cccc(F)c2)C1. The first-order valence-electron chi connectivity index (χ1n) is 7.54. The van der Waals surface area contributed by atoms with Gasteiger partial charge in [-0.1, -0.05) is 18.2 Å². The molecular formula is C18H17F2NO2.